The van der Waals surface area contributed by atoms with E-state index in [9.17, 15) is 4.79 Å². The number of para-hydroxylation sites is 1. The molecule has 0 saturated carbocycles. The van der Waals surface area contributed by atoms with Crippen LogP contribution in [0, 0.1) is 0 Å². The van der Waals surface area contributed by atoms with Crippen LogP contribution in [-0.2, 0) is 0 Å². The van der Waals surface area contributed by atoms with Crippen LogP contribution in [0.5, 0.6) is 0 Å². The predicted octanol–water partition coefficient (Wildman–Crippen LogP) is 3.40. The molecule has 1 aromatic carbocycles. The van der Waals surface area contributed by atoms with Gasteiger partial charge in [0.25, 0.3) is 5.91 Å². The molecule has 4 heteroatoms. The SMILES string of the molecule is CCN(C(=O)c1ccc(Cl)nc1)c1ccccc1. The van der Waals surface area contributed by atoms with Crippen LogP contribution in [0.25, 0.3) is 0 Å². The maximum absolute atomic E-state index is 12.3. The lowest BCUT2D eigenvalue weighted by atomic mass is 10.2. The van der Waals surface area contributed by atoms with Gasteiger partial charge in [-0.1, -0.05) is 29.8 Å². The summed E-state index contributed by atoms with van der Waals surface area (Å²) in [6, 6.07) is 12.9. The Kier molecular flexibility index (Phi) is 3.95. The molecule has 0 bridgehead atoms. The minimum absolute atomic E-state index is 0.0760. The van der Waals surface area contributed by atoms with Gasteiger partial charge in [0.2, 0.25) is 0 Å². The topological polar surface area (TPSA) is 33.2 Å². The number of halogens is 1. The number of hydrogen-bond acceptors (Lipinski definition) is 2. The third kappa shape index (κ3) is 2.68. The molecule has 18 heavy (non-hydrogen) atoms. The smallest absolute Gasteiger partial charge is 0.259 e. The number of aromatic nitrogens is 1. The zero-order valence-corrected chi connectivity index (χ0v) is 10.8. The van der Waals surface area contributed by atoms with Gasteiger partial charge in [0.1, 0.15) is 5.15 Å². The summed E-state index contributed by atoms with van der Waals surface area (Å²) >= 11 is 5.71. The van der Waals surface area contributed by atoms with E-state index in [-0.39, 0.29) is 5.91 Å². The van der Waals surface area contributed by atoms with E-state index in [0.29, 0.717) is 17.3 Å². The summed E-state index contributed by atoms with van der Waals surface area (Å²) in [5.41, 5.74) is 1.41. The monoisotopic (exact) mass is 260 g/mol. The summed E-state index contributed by atoms with van der Waals surface area (Å²) < 4.78 is 0. The largest absolute Gasteiger partial charge is 0.309 e. The van der Waals surface area contributed by atoms with Gasteiger partial charge in [0, 0.05) is 18.4 Å². The van der Waals surface area contributed by atoms with Crippen LogP contribution in [0.2, 0.25) is 5.15 Å². The molecule has 0 aliphatic rings. The number of amides is 1. The van der Waals surface area contributed by atoms with E-state index in [1.807, 2.05) is 37.3 Å². The molecule has 92 valence electrons. The van der Waals surface area contributed by atoms with Crippen molar-refractivity contribution in [1.82, 2.24) is 4.98 Å². The van der Waals surface area contributed by atoms with Crippen LogP contribution < -0.4 is 4.90 Å². The highest BCUT2D eigenvalue weighted by Gasteiger charge is 2.15. The van der Waals surface area contributed by atoms with Gasteiger partial charge in [-0.2, -0.15) is 0 Å². The highest BCUT2D eigenvalue weighted by atomic mass is 35.5. The molecule has 0 atom stereocenters. The molecular formula is C14H13ClN2O. The minimum Gasteiger partial charge on any atom is -0.309 e. The van der Waals surface area contributed by atoms with Crippen molar-refractivity contribution in [3.05, 3.63) is 59.4 Å². The Bertz CT molecular complexity index is 525. The summed E-state index contributed by atoms with van der Waals surface area (Å²) in [6.45, 7) is 2.54. The highest BCUT2D eigenvalue weighted by molar-refractivity contribution is 6.29. The van der Waals surface area contributed by atoms with Gasteiger partial charge in [-0.25, -0.2) is 4.98 Å². The van der Waals surface area contributed by atoms with Crippen molar-refractivity contribution < 1.29 is 4.79 Å². The number of hydrogen-bond donors (Lipinski definition) is 0. The zero-order valence-electron chi connectivity index (χ0n) is 10.0. The summed E-state index contributed by atoms with van der Waals surface area (Å²) in [4.78, 5) is 18.0. The van der Waals surface area contributed by atoms with E-state index in [0.717, 1.165) is 5.69 Å². The first-order valence-corrected chi connectivity index (χ1v) is 6.08. The van der Waals surface area contributed by atoms with E-state index >= 15 is 0 Å². The molecule has 1 aromatic heterocycles. The highest BCUT2D eigenvalue weighted by Crippen LogP contribution is 2.16. The van der Waals surface area contributed by atoms with E-state index in [2.05, 4.69) is 4.98 Å². The number of carbonyl (C=O) groups excluding carboxylic acids is 1. The summed E-state index contributed by atoms with van der Waals surface area (Å²) in [5.74, 6) is -0.0760. The molecule has 0 fully saturated rings. The Morgan fingerprint density at radius 1 is 1.22 bits per heavy atom. The Morgan fingerprint density at radius 2 is 1.94 bits per heavy atom. The molecule has 1 heterocycles. The average Bonchev–Trinajstić information content (AvgIpc) is 2.41. The fourth-order valence-corrected chi connectivity index (χ4v) is 1.82. The van der Waals surface area contributed by atoms with Crippen LogP contribution in [0.3, 0.4) is 0 Å². The second kappa shape index (κ2) is 5.65. The van der Waals surface area contributed by atoms with Crippen LogP contribution in [0.15, 0.2) is 48.7 Å². The van der Waals surface area contributed by atoms with E-state index in [1.165, 1.54) is 6.20 Å². The second-order valence-corrected chi connectivity index (χ2v) is 4.14. The van der Waals surface area contributed by atoms with Crippen molar-refractivity contribution in [3.63, 3.8) is 0 Å². The van der Waals surface area contributed by atoms with Crippen molar-refractivity contribution in [1.29, 1.82) is 0 Å². The fraction of sp³-hybridized carbons (Fsp3) is 0.143. The van der Waals surface area contributed by atoms with Crippen molar-refractivity contribution in [2.75, 3.05) is 11.4 Å². The lowest BCUT2D eigenvalue weighted by molar-refractivity contribution is 0.0988. The molecule has 0 aliphatic carbocycles. The van der Waals surface area contributed by atoms with Gasteiger partial charge < -0.3 is 4.90 Å². The average molecular weight is 261 g/mol. The molecular weight excluding hydrogens is 248 g/mol. The van der Waals surface area contributed by atoms with E-state index in [4.69, 9.17) is 11.6 Å². The van der Waals surface area contributed by atoms with Gasteiger partial charge in [-0.15, -0.1) is 0 Å². The minimum atomic E-state index is -0.0760. The number of carbonyl (C=O) groups is 1. The lowest BCUT2D eigenvalue weighted by Gasteiger charge is -2.20. The van der Waals surface area contributed by atoms with Crippen molar-refractivity contribution in [3.8, 4) is 0 Å². The number of rotatable bonds is 3. The van der Waals surface area contributed by atoms with Gasteiger partial charge in [0.15, 0.2) is 0 Å². The van der Waals surface area contributed by atoms with E-state index < -0.39 is 0 Å². The first-order valence-electron chi connectivity index (χ1n) is 5.71. The summed E-state index contributed by atoms with van der Waals surface area (Å²) in [7, 11) is 0. The Morgan fingerprint density at radius 3 is 2.50 bits per heavy atom. The second-order valence-electron chi connectivity index (χ2n) is 3.75. The van der Waals surface area contributed by atoms with Crippen molar-refractivity contribution in [2.24, 2.45) is 0 Å². The molecule has 0 saturated heterocycles. The molecule has 0 unspecified atom stereocenters. The normalized spacial score (nSPS) is 10.1. The molecule has 0 radical (unpaired) electrons. The standard InChI is InChI=1S/C14H13ClN2O/c1-2-17(12-6-4-3-5-7-12)14(18)11-8-9-13(15)16-10-11/h3-10H,2H2,1H3. The number of pyridine rings is 1. The van der Waals surface area contributed by atoms with Crippen molar-refractivity contribution >= 4 is 23.2 Å². The van der Waals surface area contributed by atoms with E-state index in [1.54, 1.807) is 17.0 Å². The molecule has 2 aromatic rings. The van der Waals surface area contributed by atoms with Crippen LogP contribution in [0.4, 0.5) is 5.69 Å². The molecule has 2 rings (SSSR count). The Balaban J connectivity index is 2.28. The zero-order chi connectivity index (χ0) is 13.0. The number of anilines is 1. The third-order valence-corrected chi connectivity index (χ3v) is 2.83. The molecule has 0 spiro atoms. The predicted molar refractivity (Wildman–Crippen MR) is 73.0 cm³/mol. The number of benzene rings is 1. The summed E-state index contributed by atoms with van der Waals surface area (Å²) in [6.07, 6.45) is 1.50. The van der Waals surface area contributed by atoms with Gasteiger partial charge in [0.05, 0.1) is 5.56 Å². The van der Waals surface area contributed by atoms with Crippen LogP contribution in [-0.4, -0.2) is 17.4 Å². The maximum Gasteiger partial charge on any atom is 0.259 e. The van der Waals surface area contributed by atoms with Gasteiger partial charge in [-0.05, 0) is 31.2 Å². The molecule has 3 nitrogen and oxygen atoms in total. The van der Waals surface area contributed by atoms with Gasteiger partial charge >= 0.3 is 0 Å². The first kappa shape index (κ1) is 12.6. The van der Waals surface area contributed by atoms with Crippen molar-refractivity contribution in [2.45, 2.75) is 6.92 Å². The maximum atomic E-state index is 12.3. The van der Waals surface area contributed by atoms with Crippen LogP contribution >= 0.6 is 11.6 Å². The van der Waals surface area contributed by atoms with Crippen LogP contribution in [0.1, 0.15) is 17.3 Å². The number of nitrogens with zero attached hydrogens (tertiary/aromatic N) is 2. The first-order chi connectivity index (χ1) is 8.72. The Hall–Kier alpha value is -1.87. The molecule has 0 N–H and O–H groups in total. The molecule has 1 amide bonds. The summed E-state index contributed by atoms with van der Waals surface area (Å²) in [5, 5.41) is 0.384. The molecule has 0 aliphatic heterocycles. The third-order valence-electron chi connectivity index (χ3n) is 2.60. The fourth-order valence-electron chi connectivity index (χ4n) is 1.71. The van der Waals surface area contributed by atoms with Gasteiger partial charge in [-0.3, -0.25) is 4.79 Å². The lowest BCUT2D eigenvalue weighted by Crippen LogP contribution is -2.30. The Labute approximate surface area is 111 Å². The quantitative estimate of drug-likeness (QED) is 0.793.